The van der Waals surface area contributed by atoms with Gasteiger partial charge in [-0.05, 0) is 25.8 Å². The molecule has 102 valence electrons. The molecular formula is C11H19BrF3NO. The zero-order chi connectivity index (χ0) is 12.7. The van der Waals surface area contributed by atoms with Crippen molar-refractivity contribution in [2.75, 3.05) is 31.6 Å². The van der Waals surface area contributed by atoms with Crippen LogP contribution in [0, 0.1) is 0 Å². The predicted molar refractivity (Wildman–Crippen MR) is 64.5 cm³/mol. The summed E-state index contributed by atoms with van der Waals surface area (Å²) in [5, 5.41) is 0.942. The van der Waals surface area contributed by atoms with Gasteiger partial charge in [-0.15, -0.1) is 0 Å². The molecule has 1 rings (SSSR count). The Bertz CT molecular complexity index is 211. The number of hydrogen-bond acceptors (Lipinski definition) is 2. The Morgan fingerprint density at radius 2 is 2.06 bits per heavy atom. The van der Waals surface area contributed by atoms with E-state index in [1.807, 2.05) is 0 Å². The summed E-state index contributed by atoms with van der Waals surface area (Å²) in [4.78, 5) is 2.25. The molecule has 0 aromatic heterocycles. The SMILES string of the molecule is FC(F)(F)COCCN1CCCCC1CCBr. The third-order valence-corrected chi connectivity index (χ3v) is 3.44. The molecule has 0 saturated carbocycles. The Labute approximate surface area is 109 Å². The molecule has 6 heteroatoms. The summed E-state index contributed by atoms with van der Waals surface area (Å²) < 4.78 is 40.3. The number of rotatable bonds is 6. The molecule has 0 spiro atoms. The molecule has 1 fully saturated rings. The van der Waals surface area contributed by atoms with E-state index in [-0.39, 0.29) is 6.61 Å². The normalized spacial score (nSPS) is 22.9. The van der Waals surface area contributed by atoms with E-state index in [4.69, 9.17) is 0 Å². The quantitative estimate of drug-likeness (QED) is 0.551. The van der Waals surface area contributed by atoms with Crippen molar-refractivity contribution in [1.29, 1.82) is 0 Å². The van der Waals surface area contributed by atoms with Crippen molar-refractivity contribution in [3.63, 3.8) is 0 Å². The van der Waals surface area contributed by atoms with Crippen molar-refractivity contribution >= 4 is 15.9 Å². The minimum Gasteiger partial charge on any atom is -0.371 e. The number of ether oxygens (including phenoxy) is 1. The van der Waals surface area contributed by atoms with Gasteiger partial charge in [0.25, 0.3) is 0 Å². The number of likely N-dealkylation sites (tertiary alicyclic amines) is 1. The van der Waals surface area contributed by atoms with E-state index in [0.717, 1.165) is 31.1 Å². The van der Waals surface area contributed by atoms with Crippen LogP contribution in [-0.4, -0.2) is 48.8 Å². The van der Waals surface area contributed by atoms with Crippen LogP contribution in [0.3, 0.4) is 0 Å². The van der Waals surface area contributed by atoms with E-state index in [2.05, 4.69) is 25.6 Å². The lowest BCUT2D eigenvalue weighted by molar-refractivity contribution is -0.175. The number of alkyl halides is 4. The lowest BCUT2D eigenvalue weighted by Gasteiger charge is -2.35. The third kappa shape index (κ3) is 6.62. The molecule has 17 heavy (non-hydrogen) atoms. The van der Waals surface area contributed by atoms with E-state index >= 15 is 0 Å². The molecule has 0 aliphatic carbocycles. The van der Waals surface area contributed by atoms with Gasteiger partial charge in [0, 0.05) is 17.9 Å². The molecule has 1 aliphatic rings. The van der Waals surface area contributed by atoms with Gasteiger partial charge in [0.2, 0.25) is 0 Å². The standard InChI is InChI=1S/C11H19BrF3NO/c12-5-4-10-3-1-2-6-16(10)7-8-17-9-11(13,14)15/h10H,1-9H2. The van der Waals surface area contributed by atoms with Crippen LogP contribution in [0.1, 0.15) is 25.7 Å². The number of halogens is 4. The highest BCUT2D eigenvalue weighted by Gasteiger charge is 2.28. The Kier molecular flexibility index (Phi) is 6.80. The zero-order valence-corrected chi connectivity index (χ0v) is 11.4. The number of hydrogen-bond donors (Lipinski definition) is 0. The van der Waals surface area contributed by atoms with Crippen LogP contribution < -0.4 is 0 Å². The van der Waals surface area contributed by atoms with E-state index in [1.54, 1.807) is 0 Å². The molecule has 0 aromatic rings. The van der Waals surface area contributed by atoms with Crippen molar-refractivity contribution in [3.05, 3.63) is 0 Å². The van der Waals surface area contributed by atoms with Crippen LogP contribution in [0.2, 0.25) is 0 Å². The van der Waals surface area contributed by atoms with Gasteiger partial charge in [-0.25, -0.2) is 0 Å². The summed E-state index contributed by atoms with van der Waals surface area (Å²) in [7, 11) is 0. The molecule has 0 N–H and O–H groups in total. The summed E-state index contributed by atoms with van der Waals surface area (Å²) in [6.45, 7) is 0.614. The maximum absolute atomic E-state index is 11.9. The highest BCUT2D eigenvalue weighted by Crippen LogP contribution is 2.20. The van der Waals surface area contributed by atoms with Gasteiger partial charge in [0.15, 0.2) is 0 Å². The van der Waals surface area contributed by atoms with Crippen molar-refractivity contribution in [3.8, 4) is 0 Å². The Balaban J connectivity index is 2.19. The molecule has 1 unspecified atom stereocenters. The second-order valence-electron chi connectivity index (χ2n) is 4.33. The first kappa shape index (κ1) is 15.2. The van der Waals surface area contributed by atoms with E-state index in [9.17, 15) is 13.2 Å². The molecule has 2 nitrogen and oxygen atoms in total. The highest BCUT2D eigenvalue weighted by atomic mass is 79.9. The second kappa shape index (κ2) is 7.59. The Morgan fingerprint density at radius 1 is 1.29 bits per heavy atom. The lowest BCUT2D eigenvalue weighted by Crippen LogP contribution is -2.41. The molecule has 1 heterocycles. The fourth-order valence-electron chi connectivity index (χ4n) is 2.18. The predicted octanol–water partition coefficient (Wildman–Crippen LogP) is 3.20. The van der Waals surface area contributed by atoms with Gasteiger partial charge in [-0.2, -0.15) is 13.2 Å². The summed E-state index contributed by atoms with van der Waals surface area (Å²) in [6, 6.07) is 0.498. The third-order valence-electron chi connectivity index (χ3n) is 2.98. The van der Waals surface area contributed by atoms with Crippen molar-refractivity contribution in [2.45, 2.75) is 37.9 Å². The van der Waals surface area contributed by atoms with Gasteiger partial charge in [0.05, 0.1) is 6.61 Å². The van der Waals surface area contributed by atoms with Gasteiger partial charge in [-0.1, -0.05) is 22.4 Å². The topological polar surface area (TPSA) is 12.5 Å². The van der Waals surface area contributed by atoms with Gasteiger partial charge >= 0.3 is 6.18 Å². The van der Waals surface area contributed by atoms with Crippen LogP contribution in [0.25, 0.3) is 0 Å². The monoisotopic (exact) mass is 317 g/mol. The fraction of sp³-hybridized carbons (Fsp3) is 1.00. The largest absolute Gasteiger partial charge is 0.411 e. The first-order valence-electron chi connectivity index (χ1n) is 5.97. The summed E-state index contributed by atoms with van der Waals surface area (Å²) >= 11 is 3.41. The van der Waals surface area contributed by atoms with Crippen LogP contribution >= 0.6 is 15.9 Å². The average molecular weight is 318 g/mol. The fourth-order valence-corrected chi connectivity index (χ4v) is 2.71. The van der Waals surface area contributed by atoms with Crippen LogP contribution in [0.5, 0.6) is 0 Å². The van der Waals surface area contributed by atoms with Crippen LogP contribution in [-0.2, 0) is 4.74 Å². The maximum Gasteiger partial charge on any atom is 0.411 e. The summed E-state index contributed by atoms with van der Waals surface area (Å²) in [5.41, 5.74) is 0. The Hall–Kier alpha value is 0.190. The molecule has 1 saturated heterocycles. The van der Waals surface area contributed by atoms with Crippen molar-refractivity contribution in [2.24, 2.45) is 0 Å². The average Bonchev–Trinajstić information content (AvgIpc) is 2.25. The van der Waals surface area contributed by atoms with Gasteiger partial charge in [-0.3, -0.25) is 4.90 Å². The minimum atomic E-state index is -4.21. The second-order valence-corrected chi connectivity index (χ2v) is 5.12. The molecular weight excluding hydrogens is 299 g/mol. The van der Waals surface area contributed by atoms with Gasteiger partial charge < -0.3 is 4.74 Å². The van der Waals surface area contributed by atoms with Gasteiger partial charge in [0.1, 0.15) is 6.61 Å². The molecule has 1 aliphatic heterocycles. The van der Waals surface area contributed by atoms with E-state index < -0.39 is 12.8 Å². The summed E-state index contributed by atoms with van der Waals surface area (Å²) in [6.07, 6.45) is 0.344. The van der Waals surface area contributed by atoms with E-state index in [1.165, 1.54) is 6.42 Å². The Morgan fingerprint density at radius 3 is 2.71 bits per heavy atom. The van der Waals surface area contributed by atoms with Crippen molar-refractivity contribution < 1.29 is 17.9 Å². The highest BCUT2D eigenvalue weighted by molar-refractivity contribution is 9.09. The molecule has 1 atom stereocenters. The molecule has 0 aromatic carbocycles. The molecule has 0 radical (unpaired) electrons. The first-order valence-corrected chi connectivity index (χ1v) is 7.09. The lowest BCUT2D eigenvalue weighted by atomic mass is 10.0. The molecule has 0 amide bonds. The van der Waals surface area contributed by atoms with Crippen LogP contribution in [0.15, 0.2) is 0 Å². The minimum absolute atomic E-state index is 0.165. The van der Waals surface area contributed by atoms with Crippen LogP contribution in [0.4, 0.5) is 13.2 Å². The maximum atomic E-state index is 11.9. The number of nitrogens with zero attached hydrogens (tertiary/aromatic N) is 1. The van der Waals surface area contributed by atoms with E-state index in [0.29, 0.717) is 12.6 Å². The first-order chi connectivity index (χ1) is 8.03. The molecule has 0 bridgehead atoms. The van der Waals surface area contributed by atoms with Crippen molar-refractivity contribution in [1.82, 2.24) is 4.90 Å². The zero-order valence-electron chi connectivity index (χ0n) is 9.81. The number of piperidine rings is 1. The summed E-state index contributed by atoms with van der Waals surface area (Å²) in [5.74, 6) is 0. The smallest absolute Gasteiger partial charge is 0.371 e.